The minimum Gasteiger partial charge on any atom is -0.480 e. The van der Waals surface area contributed by atoms with Gasteiger partial charge in [-0.25, -0.2) is 12.8 Å². The Bertz CT molecular complexity index is 1130. The summed E-state index contributed by atoms with van der Waals surface area (Å²) in [5.74, 6) is -1.62. The van der Waals surface area contributed by atoms with Crippen LogP contribution in [0.3, 0.4) is 0 Å². The van der Waals surface area contributed by atoms with Crippen molar-refractivity contribution in [2.24, 2.45) is 0 Å². The summed E-state index contributed by atoms with van der Waals surface area (Å²) in [6.07, 6.45) is 0.174. The number of benzene rings is 1. The van der Waals surface area contributed by atoms with Crippen molar-refractivity contribution in [3.8, 4) is 10.6 Å². The number of hydrogen-bond donors (Lipinski definition) is 2. The Morgan fingerprint density at radius 1 is 1.32 bits per heavy atom. The van der Waals surface area contributed by atoms with Gasteiger partial charge in [0, 0.05) is 12.0 Å². The summed E-state index contributed by atoms with van der Waals surface area (Å²) in [5, 5.41) is 13.4. The predicted molar refractivity (Wildman–Crippen MR) is 99.1 cm³/mol. The van der Waals surface area contributed by atoms with Crippen molar-refractivity contribution in [3.05, 3.63) is 59.9 Å². The van der Waals surface area contributed by atoms with E-state index in [4.69, 9.17) is 4.52 Å². The summed E-state index contributed by atoms with van der Waals surface area (Å²) < 4.78 is 45.3. The Labute approximate surface area is 163 Å². The second-order valence-corrected chi connectivity index (χ2v) is 9.47. The average Bonchev–Trinajstić information content (AvgIpc) is 3.05. The molecule has 1 saturated carbocycles. The third kappa shape index (κ3) is 3.23. The van der Waals surface area contributed by atoms with Crippen molar-refractivity contribution in [1.29, 1.82) is 0 Å². The van der Waals surface area contributed by atoms with Crippen molar-refractivity contribution < 1.29 is 27.2 Å². The first kappa shape index (κ1) is 18.8. The number of thiophene rings is 1. The molecule has 0 saturated heterocycles. The van der Waals surface area contributed by atoms with Crippen LogP contribution in [-0.4, -0.2) is 30.2 Å². The third-order valence-corrected chi connectivity index (χ3v) is 7.76. The number of alkyl halides is 1. The van der Waals surface area contributed by atoms with Gasteiger partial charge >= 0.3 is 5.97 Å². The van der Waals surface area contributed by atoms with E-state index in [9.17, 15) is 22.7 Å². The number of carboxylic acids is 1. The number of carbonyl (C=O) groups is 1. The van der Waals surface area contributed by atoms with Gasteiger partial charge in [0.05, 0.1) is 4.88 Å². The van der Waals surface area contributed by atoms with E-state index in [2.05, 4.69) is 9.88 Å². The quantitative estimate of drug-likeness (QED) is 0.605. The molecule has 1 aliphatic carbocycles. The summed E-state index contributed by atoms with van der Waals surface area (Å²) in [6.45, 7) is -0.812. The standard InChI is InChI=1S/C18H15FN2O5S2/c19-10-12-8-14(20-26-12)15-6-7-16(27-15)28(24,25)21-18(17(22)23)9-13(18)11-4-2-1-3-5-11/h1-8,13,21H,9-10H2,(H,22,23)/t13-,18-/m0/s1. The molecule has 0 unspecified atom stereocenters. The van der Waals surface area contributed by atoms with E-state index in [0.29, 0.717) is 10.6 Å². The number of carboxylic acid groups (broad SMARTS) is 1. The second-order valence-electron chi connectivity index (χ2n) is 6.48. The van der Waals surface area contributed by atoms with Crippen LogP contribution in [0, 0.1) is 0 Å². The van der Waals surface area contributed by atoms with Crippen molar-refractivity contribution in [2.45, 2.75) is 28.8 Å². The molecule has 28 heavy (non-hydrogen) atoms. The zero-order valence-electron chi connectivity index (χ0n) is 14.3. The van der Waals surface area contributed by atoms with Crippen LogP contribution in [0.15, 0.2) is 57.3 Å². The van der Waals surface area contributed by atoms with Crippen molar-refractivity contribution >= 4 is 27.3 Å². The summed E-state index contributed by atoms with van der Waals surface area (Å²) in [6, 6.07) is 13.2. The van der Waals surface area contributed by atoms with Crippen LogP contribution >= 0.6 is 11.3 Å². The molecule has 1 aromatic carbocycles. The Morgan fingerprint density at radius 2 is 2.07 bits per heavy atom. The first-order chi connectivity index (χ1) is 13.4. The van der Waals surface area contributed by atoms with Crippen molar-refractivity contribution in [2.75, 3.05) is 0 Å². The fraction of sp³-hybridized carbons (Fsp3) is 0.222. The van der Waals surface area contributed by atoms with Gasteiger partial charge in [-0.1, -0.05) is 35.5 Å². The minimum atomic E-state index is -4.07. The molecule has 10 heteroatoms. The molecule has 146 valence electrons. The maximum Gasteiger partial charge on any atom is 0.325 e. The highest BCUT2D eigenvalue weighted by Crippen LogP contribution is 2.52. The Morgan fingerprint density at radius 3 is 2.71 bits per heavy atom. The van der Waals surface area contributed by atoms with Crippen LogP contribution in [0.25, 0.3) is 10.6 Å². The van der Waals surface area contributed by atoms with Crippen LogP contribution < -0.4 is 4.72 Å². The van der Waals surface area contributed by atoms with Crippen LogP contribution in [0.1, 0.15) is 23.7 Å². The van der Waals surface area contributed by atoms with Gasteiger partial charge in [-0.15, -0.1) is 11.3 Å². The van der Waals surface area contributed by atoms with Crippen molar-refractivity contribution in [3.63, 3.8) is 0 Å². The third-order valence-electron chi connectivity index (χ3n) is 4.65. The molecule has 3 aromatic rings. The molecule has 2 aromatic heterocycles. The van der Waals surface area contributed by atoms with Crippen LogP contribution in [0.2, 0.25) is 0 Å². The number of nitrogens with zero attached hydrogens (tertiary/aromatic N) is 1. The Kier molecular flexibility index (Phi) is 4.56. The van der Waals surface area contributed by atoms with Gasteiger partial charge in [0.1, 0.15) is 22.1 Å². The van der Waals surface area contributed by atoms with E-state index in [1.165, 1.54) is 18.2 Å². The van der Waals surface area contributed by atoms with Gasteiger partial charge < -0.3 is 9.63 Å². The number of halogens is 1. The molecule has 7 nitrogen and oxygen atoms in total. The molecule has 2 N–H and O–H groups in total. The van der Waals surface area contributed by atoms with E-state index >= 15 is 0 Å². The van der Waals surface area contributed by atoms with Gasteiger partial charge in [0.15, 0.2) is 5.76 Å². The number of rotatable bonds is 7. The molecular weight excluding hydrogens is 407 g/mol. The topological polar surface area (TPSA) is 110 Å². The second kappa shape index (κ2) is 6.80. The number of aromatic nitrogens is 1. The summed E-state index contributed by atoms with van der Waals surface area (Å²) >= 11 is 0.906. The average molecular weight is 422 g/mol. The smallest absolute Gasteiger partial charge is 0.325 e. The van der Waals surface area contributed by atoms with Gasteiger partial charge in [-0.05, 0) is 24.1 Å². The van der Waals surface area contributed by atoms with E-state index in [-0.39, 0.29) is 16.4 Å². The van der Waals surface area contributed by atoms with Gasteiger partial charge in [-0.3, -0.25) is 4.79 Å². The highest BCUT2D eigenvalue weighted by Gasteiger charge is 2.63. The monoisotopic (exact) mass is 422 g/mol. The maximum absolute atomic E-state index is 12.8. The zero-order chi connectivity index (χ0) is 19.9. The van der Waals surface area contributed by atoms with E-state index in [1.54, 1.807) is 24.3 Å². The number of sulfonamides is 1. The fourth-order valence-electron chi connectivity index (χ4n) is 3.13. The number of nitrogens with one attached hydrogen (secondary N) is 1. The summed E-state index contributed by atoms with van der Waals surface area (Å²) in [7, 11) is -4.07. The molecule has 2 heterocycles. The molecule has 0 radical (unpaired) electrons. The first-order valence-corrected chi connectivity index (χ1v) is 10.6. The molecule has 1 fully saturated rings. The van der Waals surface area contributed by atoms with Gasteiger partial charge in [0.25, 0.3) is 10.0 Å². The highest BCUT2D eigenvalue weighted by atomic mass is 32.2. The maximum atomic E-state index is 12.8. The Hall–Kier alpha value is -2.56. The lowest BCUT2D eigenvalue weighted by molar-refractivity contribution is -0.140. The predicted octanol–water partition coefficient (Wildman–Crippen LogP) is 3.16. The zero-order valence-corrected chi connectivity index (χ0v) is 16.0. The minimum absolute atomic E-state index is 0.0412. The van der Waals surface area contributed by atoms with E-state index in [1.807, 2.05) is 6.07 Å². The SMILES string of the molecule is O=C(O)[C@]1(NS(=O)(=O)c2ccc(-c3cc(CF)on3)s2)C[C@H]1c1ccccc1. The van der Waals surface area contributed by atoms with Gasteiger partial charge in [-0.2, -0.15) is 4.72 Å². The molecule has 4 rings (SSSR count). The van der Waals surface area contributed by atoms with E-state index < -0.39 is 34.1 Å². The molecular formula is C18H15FN2O5S2. The number of aliphatic carboxylic acids is 1. The van der Waals surface area contributed by atoms with E-state index in [0.717, 1.165) is 16.9 Å². The van der Waals surface area contributed by atoms with Crippen molar-refractivity contribution in [1.82, 2.24) is 9.88 Å². The molecule has 2 atom stereocenters. The fourth-order valence-corrected chi connectivity index (χ4v) is 5.79. The molecule has 0 aliphatic heterocycles. The Balaban J connectivity index is 1.59. The molecule has 1 aliphatic rings. The lowest BCUT2D eigenvalue weighted by Crippen LogP contribution is -2.44. The van der Waals surface area contributed by atoms with Crippen LogP contribution in [0.5, 0.6) is 0 Å². The van der Waals surface area contributed by atoms with Gasteiger partial charge in [0.2, 0.25) is 0 Å². The lowest BCUT2D eigenvalue weighted by atomic mass is 10.1. The summed E-state index contributed by atoms with van der Waals surface area (Å²) in [5.41, 5.74) is -0.485. The number of hydrogen-bond acceptors (Lipinski definition) is 6. The summed E-state index contributed by atoms with van der Waals surface area (Å²) in [4.78, 5) is 12.3. The first-order valence-electron chi connectivity index (χ1n) is 8.30. The lowest BCUT2D eigenvalue weighted by Gasteiger charge is -2.14. The van der Waals surface area contributed by atoms with Crippen LogP contribution in [-0.2, 0) is 21.5 Å². The molecule has 0 bridgehead atoms. The largest absolute Gasteiger partial charge is 0.480 e. The highest BCUT2D eigenvalue weighted by molar-refractivity contribution is 7.91. The van der Waals surface area contributed by atoms with Crippen LogP contribution in [0.4, 0.5) is 4.39 Å². The normalized spacial score (nSPS) is 21.5. The molecule has 0 spiro atoms. The molecule has 0 amide bonds.